The topological polar surface area (TPSA) is 102 Å². The van der Waals surface area contributed by atoms with E-state index in [1.807, 2.05) is 13.0 Å². The van der Waals surface area contributed by atoms with E-state index in [4.69, 9.17) is 9.47 Å². The summed E-state index contributed by atoms with van der Waals surface area (Å²) in [5.74, 6) is -1.08. The number of hydrogen-bond donors (Lipinski definition) is 1. The van der Waals surface area contributed by atoms with Gasteiger partial charge in [-0.2, -0.15) is 4.31 Å². The molecule has 180 valence electrons. The van der Waals surface area contributed by atoms with Gasteiger partial charge < -0.3 is 14.8 Å². The summed E-state index contributed by atoms with van der Waals surface area (Å²) < 4.78 is 37.7. The first kappa shape index (κ1) is 25.4. The van der Waals surface area contributed by atoms with Gasteiger partial charge in [-0.25, -0.2) is 13.2 Å². The van der Waals surface area contributed by atoms with Crippen LogP contribution >= 0.6 is 11.3 Å². The third-order valence-electron chi connectivity index (χ3n) is 5.32. The van der Waals surface area contributed by atoms with E-state index < -0.39 is 28.0 Å². The van der Waals surface area contributed by atoms with E-state index in [0.29, 0.717) is 23.8 Å². The van der Waals surface area contributed by atoms with Crippen molar-refractivity contribution in [2.24, 2.45) is 0 Å². The maximum Gasteiger partial charge on any atom is 0.349 e. The molecule has 1 aromatic carbocycles. The molecule has 1 aliphatic rings. The lowest BCUT2D eigenvalue weighted by molar-refractivity contribution is -0.123. The summed E-state index contributed by atoms with van der Waals surface area (Å²) in [6.07, 6.45) is 1.68. The Morgan fingerprint density at radius 1 is 1.21 bits per heavy atom. The second-order valence-corrected chi connectivity index (χ2v) is 10.8. The molecule has 2 heterocycles. The van der Waals surface area contributed by atoms with Crippen molar-refractivity contribution in [3.63, 3.8) is 0 Å². The molecule has 1 fully saturated rings. The van der Waals surface area contributed by atoms with Gasteiger partial charge in [-0.15, -0.1) is 11.3 Å². The molecule has 2 aromatic rings. The fraction of sp³-hybridized carbons (Fsp3) is 0.478. The number of ether oxygens (including phenoxy) is 2. The summed E-state index contributed by atoms with van der Waals surface area (Å²) in [5.41, 5.74) is 1.44. The molecule has 0 bridgehead atoms. The number of aryl methyl sites for hydroxylation is 2. The largest absolute Gasteiger partial charge is 0.448 e. The van der Waals surface area contributed by atoms with E-state index in [9.17, 15) is 18.0 Å². The minimum Gasteiger partial charge on any atom is -0.448 e. The standard InChI is InChI=1S/C23H30N2O6S2/c1-4-7-20-17(5-2)14-21(32-20)23(27)31-16(3)22(26)24-18-8-6-9-19(15-18)33(28,29)25-10-12-30-13-11-25/h6,8-9,14-16H,4-5,7,10-13H2,1-3H3,(H,24,26). The molecule has 1 aromatic heterocycles. The van der Waals surface area contributed by atoms with Gasteiger partial charge >= 0.3 is 5.97 Å². The van der Waals surface area contributed by atoms with Crippen LogP contribution < -0.4 is 5.32 Å². The van der Waals surface area contributed by atoms with E-state index in [-0.39, 0.29) is 18.0 Å². The quantitative estimate of drug-likeness (QED) is 0.536. The summed E-state index contributed by atoms with van der Waals surface area (Å²) in [7, 11) is -3.69. The molecule has 3 rings (SSSR count). The van der Waals surface area contributed by atoms with Crippen LogP contribution in [0.4, 0.5) is 5.69 Å². The minimum absolute atomic E-state index is 0.0842. The van der Waals surface area contributed by atoms with Crippen LogP contribution in [0.15, 0.2) is 35.2 Å². The highest BCUT2D eigenvalue weighted by Gasteiger charge is 2.27. The molecule has 0 spiro atoms. The van der Waals surface area contributed by atoms with Gasteiger partial charge in [-0.3, -0.25) is 4.79 Å². The second kappa shape index (κ2) is 11.2. The van der Waals surface area contributed by atoms with Crippen LogP contribution in [0.3, 0.4) is 0 Å². The van der Waals surface area contributed by atoms with Crippen molar-refractivity contribution in [1.29, 1.82) is 0 Å². The molecule has 10 heteroatoms. The monoisotopic (exact) mass is 494 g/mol. The molecule has 0 saturated carbocycles. The SMILES string of the molecule is CCCc1sc(C(=O)OC(C)C(=O)Nc2cccc(S(=O)(=O)N3CCOCC3)c2)cc1CC. The maximum atomic E-state index is 12.9. The smallest absolute Gasteiger partial charge is 0.349 e. The Hall–Kier alpha value is -2.27. The third kappa shape index (κ3) is 6.20. The first-order valence-electron chi connectivity index (χ1n) is 11.1. The van der Waals surface area contributed by atoms with Crippen molar-refractivity contribution >= 4 is 38.9 Å². The summed E-state index contributed by atoms with van der Waals surface area (Å²) in [4.78, 5) is 26.9. The van der Waals surface area contributed by atoms with Gasteiger partial charge in [0.05, 0.1) is 18.1 Å². The Morgan fingerprint density at radius 2 is 1.94 bits per heavy atom. The highest BCUT2D eigenvalue weighted by molar-refractivity contribution is 7.89. The van der Waals surface area contributed by atoms with Gasteiger partial charge in [0.2, 0.25) is 10.0 Å². The molecular formula is C23H30N2O6S2. The van der Waals surface area contributed by atoms with Gasteiger partial charge in [0, 0.05) is 23.7 Å². The molecular weight excluding hydrogens is 464 g/mol. The number of carbonyl (C=O) groups is 2. The molecule has 1 amide bonds. The molecule has 1 unspecified atom stereocenters. The van der Waals surface area contributed by atoms with E-state index in [1.54, 1.807) is 12.1 Å². The number of nitrogens with zero attached hydrogens (tertiary/aromatic N) is 1. The summed E-state index contributed by atoms with van der Waals surface area (Å²) in [6, 6.07) is 7.88. The minimum atomic E-state index is -3.69. The number of sulfonamides is 1. The average molecular weight is 495 g/mol. The maximum absolute atomic E-state index is 12.9. The van der Waals surface area contributed by atoms with Crippen molar-refractivity contribution in [3.05, 3.63) is 45.6 Å². The molecule has 33 heavy (non-hydrogen) atoms. The third-order valence-corrected chi connectivity index (χ3v) is 8.43. The highest BCUT2D eigenvalue weighted by atomic mass is 32.2. The molecule has 1 atom stereocenters. The molecule has 1 aliphatic heterocycles. The fourth-order valence-corrected chi connectivity index (χ4v) is 6.18. The number of nitrogens with one attached hydrogen (secondary N) is 1. The predicted octanol–water partition coefficient (Wildman–Crippen LogP) is 3.47. The van der Waals surface area contributed by atoms with Crippen LogP contribution in [0.5, 0.6) is 0 Å². The zero-order valence-corrected chi connectivity index (χ0v) is 20.8. The van der Waals surface area contributed by atoms with Gasteiger partial charge in [-0.1, -0.05) is 26.3 Å². The van der Waals surface area contributed by atoms with E-state index in [1.165, 1.54) is 39.6 Å². The Labute approximate surface area is 198 Å². The van der Waals surface area contributed by atoms with Crippen LogP contribution in [0.25, 0.3) is 0 Å². The Morgan fingerprint density at radius 3 is 2.61 bits per heavy atom. The number of esters is 1. The normalized spacial score (nSPS) is 15.7. The highest BCUT2D eigenvalue weighted by Crippen LogP contribution is 2.26. The number of rotatable bonds is 9. The molecule has 1 N–H and O–H groups in total. The fourth-order valence-electron chi connectivity index (χ4n) is 3.49. The number of anilines is 1. The van der Waals surface area contributed by atoms with Gasteiger partial charge in [0.1, 0.15) is 4.88 Å². The molecule has 0 aliphatic carbocycles. The van der Waals surface area contributed by atoms with Crippen LogP contribution in [0.1, 0.15) is 47.3 Å². The van der Waals surface area contributed by atoms with E-state index in [2.05, 4.69) is 12.2 Å². The van der Waals surface area contributed by atoms with Crippen molar-refractivity contribution < 1.29 is 27.5 Å². The van der Waals surface area contributed by atoms with Gasteiger partial charge in [0.15, 0.2) is 6.10 Å². The average Bonchev–Trinajstić information content (AvgIpc) is 3.23. The predicted molar refractivity (Wildman–Crippen MR) is 127 cm³/mol. The number of carbonyl (C=O) groups excluding carboxylic acids is 2. The van der Waals surface area contributed by atoms with Crippen LogP contribution in [-0.4, -0.2) is 57.0 Å². The number of benzene rings is 1. The first-order valence-corrected chi connectivity index (χ1v) is 13.3. The van der Waals surface area contributed by atoms with E-state index >= 15 is 0 Å². The number of thiophene rings is 1. The zero-order valence-electron chi connectivity index (χ0n) is 19.1. The molecule has 1 saturated heterocycles. The van der Waals surface area contributed by atoms with Crippen LogP contribution in [-0.2, 0) is 37.1 Å². The summed E-state index contributed by atoms with van der Waals surface area (Å²) in [6.45, 7) is 6.89. The summed E-state index contributed by atoms with van der Waals surface area (Å²) >= 11 is 1.41. The lowest BCUT2D eigenvalue weighted by Crippen LogP contribution is -2.40. The Bertz CT molecular complexity index is 1090. The van der Waals surface area contributed by atoms with Crippen LogP contribution in [0.2, 0.25) is 0 Å². The van der Waals surface area contributed by atoms with Crippen LogP contribution in [0, 0.1) is 0 Å². The number of morpholine rings is 1. The Kier molecular flexibility index (Phi) is 8.63. The molecule has 8 nitrogen and oxygen atoms in total. The lowest BCUT2D eigenvalue weighted by Gasteiger charge is -2.26. The van der Waals surface area contributed by atoms with Crippen molar-refractivity contribution in [2.75, 3.05) is 31.6 Å². The number of hydrogen-bond acceptors (Lipinski definition) is 7. The van der Waals surface area contributed by atoms with Crippen molar-refractivity contribution in [1.82, 2.24) is 4.31 Å². The number of amides is 1. The van der Waals surface area contributed by atoms with Gasteiger partial charge in [-0.05, 0) is 49.6 Å². The zero-order chi connectivity index (χ0) is 24.0. The second-order valence-electron chi connectivity index (χ2n) is 7.74. The van der Waals surface area contributed by atoms with Gasteiger partial charge in [0.25, 0.3) is 5.91 Å². The summed E-state index contributed by atoms with van der Waals surface area (Å²) in [5, 5.41) is 2.64. The van der Waals surface area contributed by atoms with E-state index in [0.717, 1.165) is 24.8 Å². The van der Waals surface area contributed by atoms with Crippen molar-refractivity contribution in [2.45, 2.75) is 51.0 Å². The van der Waals surface area contributed by atoms with Crippen molar-refractivity contribution in [3.8, 4) is 0 Å². The lowest BCUT2D eigenvalue weighted by atomic mass is 10.1. The Balaban J connectivity index is 1.65. The molecule has 0 radical (unpaired) electrons. The first-order chi connectivity index (χ1) is 15.8.